The fraction of sp³-hybridized carbons (Fsp3) is 0.706. The minimum atomic E-state index is 0.969. The molecule has 0 heterocycles. The third kappa shape index (κ3) is 45.1. The third-order valence-electron chi connectivity index (χ3n) is 2.06. The average molecular weight is 373 g/mol. The van der Waals surface area contributed by atoms with E-state index in [2.05, 4.69) is 20.9 Å². The van der Waals surface area contributed by atoms with Crippen molar-refractivity contribution in [1.29, 1.82) is 0 Å². The molecule has 0 N–H and O–H groups in total. The molecule has 3 nitrogen and oxygen atoms in total. The van der Waals surface area contributed by atoms with Gasteiger partial charge in [-0.15, -0.1) is 0 Å². The molecule has 0 aromatic heterocycles. The number of nitrogens with zero attached hydrogens (tertiary/aromatic N) is 3. The van der Waals surface area contributed by atoms with Crippen LogP contribution >= 0.6 is 0 Å². The van der Waals surface area contributed by atoms with Crippen molar-refractivity contribution < 1.29 is 20.9 Å². The molecule has 1 aromatic carbocycles. The first-order valence-corrected chi connectivity index (χ1v) is 8.97. The summed E-state index contributed by atoms with van der Waals surface area (Å²) >= 11 is 1.56. The van der Waals surface area contributed by atoms with Crippen molar-refractivity contribution in [1.82, 2.24) is 0 Å². The third-order valence-corrected chi connectivity index (χ3v) is 2.55. The fourth-order valence-electron chi connectivity index (χ4n) is 0.997. The molecule has 21 heavy (non-hydrogen) atoms. The van der Waals surface area contributed by atoms with Gasteiger partial charge in [-0.3, -0.25) is 0 Å². The van der Waals surface area contributed by atoms with Gasteiger partial charge in [0.25, 0.3) is 0 Å². The molecule has 0 atom stereocenters. The van der Waals surface area contributed by atoms with Gasteiger partial charge < -0.3 is 10.6 Å². The van der Waals surface area contributed by atoms with Crippen LogP contribution in [0.15, 0.2) is 33.7 Å². The second-order valence-electron chi connectivity index (χ2n) is 3.89. The molecular formula is C17H34N3Nb-3. The molecule has 1 aromatic rings. The Hall–Kier alpha value is -0.190. The van der Waals surface area contributed by atoms with Gasteiger partial charge in [-0.2, -0.15) is 44.4 Å². The Labute approximate surface area is 145 Å². The van der Waals surface area contributed by atoms with Crippen LogP contribution in [-0.2, 0) is 20.9 Å². The van der Waals surface area contributed by atoms with Crippen LogP contribution in [0.1, 0.15) is 47.5 Å². The Morgan fingerprint density at radius 3 is 1.38 bits per heavy atom. The molecule has 125 valence electrons. The molecule has 0 saturated heterocycles. The maximum absolute atomic E-state index is 3.98. The van der Waals surface area contributed by atoms with Crippen LogP contribution in [0.4, 0.5) is 0 Å². The van der Waals surface area contributed by atoms with Crippen molar-refractivity contribution >= 4 is 0 Å². The summed E-state index contributed by atoms with van der Waals surface area (Å²) in [5, 5.41) is 7.94. The minimum Gasteiger partial charge on any atom is -0.663 e. The van der Waals surface area contributed by atoms with Crippen LogP contribution in [0.2, 0.25) is 0 Å². The Morgan fingerprint density at radius 2 is 1.29 bits per heavy atom. The van der Waals surface area contributed by atoms with Gasteiger partial charge in [-0.25, -0.2) is 12.1 Å². The quantitative estimate of drug-likeness (QED) is 0.333. The van der Waals surface area contributed by atoms with Gasteiger partial charge in [0.1, 0.15) is 0 Å². The molecule has 0 aliphatic carbocycles. The van der Waals surface area contributed by atoms with Gasteiger partial charge in [0.05, 0.1) is 0 Å². The van der Waals surface area contributed by atoms with Gasteiger partial charge in [0.2, 0.25) is 0 Å². The second kappa shape index (κ2) is 32.0. The molecule has 0 amide bonds. The molecule has 0 fully saturated rings. The van der Waals surface area contributed by atoms with Crippen molar-refractivity contribution in [2.75, 3.05) is 32.7 Å². The second-order valence-corrected chi connectivity index (χ2v) is 4.59. The maximum Gasteiger partial charge on any atom is -0.0844 e. The average Bonchev–Trinajstić information content (AvgIpc) is 3.08. The monoisotopic (exact) mass is 373 g/mol. The van der Waals surface area contributed by atoms with Gasteiger partial charge in [0.15, 0.2) is 0 Å². The molecule has 0 unspecified atom stereocenters. The predicted octanol–water partition coefficient (Wildman–Crippen LogP) is 5.72. The first-order valence-electron chi connectivity index (χ1n) is 7.98. The summed E-state index contributed by atoms with van der Waals surface area (Å²) in [7, 11) is 0. The Balaban J connectivity index is -0.000000206. The molecular weight excluding hydrogens is 339 g/mol. The van der Waals surface area contributed by atoms with Gasteiger partial charge in [-0.1, -0.05) is 27.7 Å². The smallest absolute Gasteiger partial charge is 0.0844 e. The largest absolute Gasteiger partial charge is 0.663 e. The minimum absolute atomic E-state index is 0.969. The van der Waals surface area contributed by atoms with Gasteiger partial charge in [-0.05, 0) is 0 Å². The van der Waals surface area contributed by atoms with E-state index in [4.69, 9.17) is 0 Å². The predicted molar refractivity (Wildman–Crippen MR) is 93.1 cm³/mol. The van der Waals surface area contributed by atoms with Gasteiger partial charge in [0, 0.05) is 0 Å². The van der Waals surface area contributed by atoms with E-state index in [-0.39, 0.29) is 0 Å². The van der Waals surface area contributed by atoms with Gasteiger partial charge >= 0.3 is 50.5 Å². The summed E-state index contributed by atoms with van der Waals surface area (Å²) in [6.45, 7) is 15.3. The number of unbranched alkanes of at least 4 members (excludes halogenated alkanes) is 1. The molecule has 0 saturated carbocycles. The van der Waals surface area contributed by atoms with E-state index in [0.29, 0.717) is 0 Å². The van der Waals surface area contributed by atoms with Crippen molar-refractivity contribution in [3.63, 3.8) is 0 Å². The molecule has 0 bridgehead atoms. The van der Waals surface area contributed by atoms with Crippen LogP contribution in [0, 0.1) is 0 Å². The number of hydrogen-bond donors (Lipinski definition) is 0. The first-order chi connectivity index (χ1) is 10.2. The molecule has 4 heteroatoms. The SMILES string of the molecule is CCCC[N]=[Nb].CC[N-]CC.CC[N-]CC.c1cc[cH-]c1. The Morgan fingerprint density at radius 1 is 0.857 bits per heavy atom. The summed E-state index contributed by atoms with van der Waals surface area (Å²) in [4.78, 5) is 0. The molecule has 0 spiro atoms. The standard InChI is InChI=1S/C5H5.2C4H10N.C4H9N.Nb/c1-2-4-5-3-1;2*1-3-5-4-2;1-2-3-4-5;/h1-5H;2*3-4H2,1-2H3;2-4H2,1H3;/q3*-1;;. The van der Waals surface area contributed by atoms with Crippen LogP contribution in [-0.4, -0.2) is 32.7 Å². The maximum atomic E-state index is 3.98. The van der Waals surface area contributed by atoms with Crippen LogP contribution in [0.3, 0.4) is 0 Å². The number of hydrogen-bond acceptors (Lipinski definition) is 1. The summed E-state index contributed by atoms with van der Waals surface area (Å²) < 4.78 is 3.98. The van der Waals surface area contributed by atoms with E-state index in [1.54, 1.807) is 20.9 Å². The molecule has 0 aliphatic rings. The van der Waals surface area contributed by atoms with E-state index in [0.717, 1.165) is 32.7 Å². The van der Waals surface area contributed by atoms with Crippen LogP contribution in [0.5, 0.6) is 0 Å². The van der Waals surface area contributed by atoms with E-state index in [1.165, 1.54) is 12.8 Å². The summed E-state index contributed by atoms with van der Waals surface area (Å²) in [6.07, 6.45) is 2.53. The van der Waals surface area contributed by atoms with E-state index >= 15 is 0 Å². The molecule has 0 aliphatic heterocycles. The Bertz CT molecular complexity index is 199. The van der Waals surface area contributed by atoms with E-state index in [9.17, 15) is 0 Å². The van der Waals surface area contributed by atoms with Crippen molar-refractivity contribution in [2.45, 2.75) is 47.5 Å². The zero-order valence-electron chi connectivity index (χ0n) is 14.6. The Kier molecular flexibility index (Phi) is 39.2. The fourth-order valence-corrected chi connectivity index (χ4v) is 1.34. The molecule has 1 rings (SSSR count). The van der Waals surface area contributed by atoms with Crippen molar-refractivity contribution in [3.8, 4) is 0 Å². The zero-order valence-corrected chi connectivity index (χ0v) is 16.8. The van der Waals surface area contributed by atoms with Crippen molar-refractivity contribution in [2.24, 2.45) is 3.34 Å². The topological polar surface area (TPSA) is 40.6 Å². The van der Waals surface area contributed by atoms with Crippen LogP contribution in [0.25, 0.3) is 10.6 Å². The first kappa shape index (κ1) is 25.7. The van der Waals surface area contributed by atoms with Crippen LogP contribution < -0.4 is 0 Å². The van der Waals surface area contributed by atoms with E-state index in [1.807, 2.05) is 58.0 Å². The van der Waals surface area contributed by atoms with E-state index < -0.39 is 0 Å². The zero-order chi connectivity index (χ0) is 16.6. The summed E-state index contributed by atoms with van der Waals surface area (Å²) in [6, 6.07) is 10.0. The normalized spacial score (nSPS) is 8.19. The van der Waals surface area contributed by atoms with Crippen molar-refractivity contribution in [3.05, 3.63) is 41.0 Å². The molecule has 0 radical (unpaired) electrons. The number of rotatable bonds is 7. The summed E-state index contributed by atoms with van der Waals surface area (Å²) in [5.41, 5.74) is 0. The summed E-state index contributed by atoms with van der Waals surface area (Å²) in [5.74, 6) is 0.